The van der Waals surface area contributed by atoms with Crippen LogP contribution in [0.25, 0.3) is 0 Å². The second-order valence-corrected chi connectivity index (χ2v) is 4.05. The van der Waals surface area contributed by atoms with Gasteiger partial charge in [0.15, 0.2) is 0 Å². The number of methoxy groups -OCH3 is 1. The summed E-state index contributed by atoms with van der Waals surface area (Å²) < 4.78 is 6.91. The second-order valence-electron chi connectivity index (χ2n) is 4.05. The van der Waals surface area contributed by atoms with Crippen LogP contribution >= 0.6 is 0 Å². The molecule has 1 saturated heterocycles. The number of nitrogens with two attached hydrogens (primary N) is 1. The van der Waals surface area contributed by atoms with Crippen LogP contribution in [-0.4, -0.2) is 48.2 Å². The third-order valence-electron chi connectivity index (χ3n) is 2.78. The molecule has 1 aliphatic heterocycles. The second kappa shape index (κ2) is 4.67. The minimum absolute atomic E-state index is 0.0582. The van der Waals surface area contributed by atoms with Crippen LogP contribution in [0, 0.1) is 0 Å². The molecule has 88 valence electrons. The molecule has 0 aromatic carbocycles. The molecule has 1 amide bonds. The molecule has 0 spiro atoms. The minimum Gasteiger partial charge on any atom is -0.383 e. The summed E-state index contributed by atoms with van der Waals surface area (Å²) in [5.41, 5.74) is 6.37. The topological polar surface area (TPSA) is 60.5 Å². The highest BCUT2D eigenvalue weighted by Gasteiger charge is 2.29. The number of nitrogens with zero attached hydrogens (tertiary/aromatic N) is 2. The Morgan fingerprint density at radius 2 is 2.38 bits per heavy atom. The third kappa shape index (κ3) is 2.10. The molecule has 1 aromatic rings. The normalized spacial score (nSPS) is 16.2. The summed E-state index contributed by atoms with van der Waals surface area (Å²) in [5.74, 6) is 0.0582. The van der Waals surface area contributed by atoms with Crippen LogP contribution < -0.4 is 5.73 Å². The lowest BCUT2D eigenvalue weighted by Crippen LogP contribution is -2.58. The first-order valence-electron chi connectivity index (χ1n) is 5.41. The molecule has 16 heavy (non-hydrogen) atoms. The first kappa shape index (κ1) is 11.2. The van der Waals surface area contributed by atoms with Gasteiger partial charge in [0, 0.05) is 39.0 Å². The van der Waals surface area contributed by atoms with Crippen molar-refractivity contribution < 1.29 is 9.53 Å². The van der Waals surface area contributed by atoms with Gasteiger partial charge in [-0.05, 0) is 12.1 Å². The Bertz CT molecular complexity index is 369. The summed E-state index contributed by atoms with van der Waals surface area (Å²) in [6.45, 7) is 2.63. The average Bonchev–Trinajstić information content (AvgIpc) is 2.69. The van der Waals surface area contributed by atoms with Crippen molar-refractivity contribution in [2.45, 2.75) is 12.6 Å². The van der Waals surface area contributed by atoms with E-state index in [4.69, 9.17) is 10.5 Å². The van der Waals surface area contributed by atoms with Crippen molar-refractivity contribution in [1.82, 2.24) is 9.47 Å². The van der Waals surface area contributed by atoms with E-state index in [-0.39, 0.29) is 11.9 Å². The van der Waals surface area contributed by atoms with Gasteiger partial charge in [0.05, 0.1) is 6.61 Å². The Labute approximate surface area is 94.8 Å². The number of amides is 1. The SMILES string of the molecule is COCCn1cccc1C(=O)N1CC(N)C1. The third-order valence-corrected chi connectivity index (χ3v) is 2.78. The molecule has 5 heteroatoms. The van der Waals surface area contributed by atoms with Crippen LogP contribution in [0.3, 0.4) is 0 Å². The molecule has 2 rings (SSSR count). The van der Waals surface area contributed by atoms with Crippen molar-refractivity contribution in [1.29, 1.82) is 0 Å². The van der Waals surface area contributed by atoms with E-state index >= 15 is 0 Å². The van der Waals surface area contributed by atoms with Crippen LogP contribution in [0.2, 0.25) is 0 Å². The molecule has 1 aliphatic rings. The van der Waals surface area contributed by atoms with E-state index in [1.54, 1.807) is 12.0 Å². The molecule has 1 aromatic heterocycles. The molecule has 0 aliphatic carbocycles. The maximum Gasteiger partial charge on any atom is 0.270 e. The van der Waals surface area contributed by atoms with Crippen LogP contribution in [0.1, 0.15) is 10.5 Å². The van der Waals surface area contributed by atoms with Crippen molar-refractivity contribution >= 4 is 5.91 Å². The number of aromatic nitrogens is 1. The lowest BCUT2D eigenvalue weighted by molar-refractivity contribution is 0.0594. The Hall–Kier alpha value is -1.33. The monoisotopic (exact) mass is 223 g/mol. The van der Waals surface area contributed by atoms with E-state index in [0.29, 0.717) is 31.9 Å². The summed E-state index contributed by atoms with van der Waals surface area (Å²) in [5, 5.41) is 0. The molecular weight excluding hydrogens is 206 g/mol. The van der Waals surface area contributed by atoms with Crippen molar-refractivity contribution in [3.63, 3.8) is 0 Å². The maximum atomic E-state index is 12.0. The number of carbonyl (C=O) groups is 1. The van der Waals surface area contributed by atoms with Crippen molar-refractivity contribution in [2.24, 2.45) is 5.73 Å². The van der Waals surface area contributed by atoms with Gasteiger partial charge in [-0.2, -0.15) is 0 Å². The maximum absolute atomic E-state index is 12.0. The highest BCUT2D eigenvalue weighted by atomic mass is 16.5. The van der Waals surface area contributed by atoms with Gasteiger partial charge >= 0.3 is 0 Å². The number of ether oxygens (including phenoxy) is 1. The summed E-state index contributed by atoms with van der Waals surface area (Å²) in [4.78, 5) is 13.8. The van der Waals surface area contributed by atoms with Gasteiger partial charge in [-0.25, -0.2) is 0 Å². The lowest BCUT2D eigenvalue weighted by atomic mass is 10.1. The van der Waals surface area contributed by atoms with Crippen molar-refractivity contribution in [3.05, 3.63) is 24.0 Å². The zero-order chi connectivity index (χ0) is 11.5. The molecule has 0 unspecified atom stereocenters. The van der Waals surface area contributed by atoms with Gasteiger partial charge in [0.2, 0.25) is 0 Å². The number of hydrogen-bond acceptors (Lipinski definition) is 3. The molecule has 0 radical (unpaired) electrons. The average molecular weight is 223 g/mol. The number of hydrogen-bond donors (Lipinski definition) is 1. The van der Waals surface area contributed by atoms with Gasteiger partial charge in [0.1, 0.15) is 5.69 Å². The van der Waals surface area contributed by atoms with E-state index in [1.807, 2.05) is 22.9 Å². The Morgan fingerprint density at radius 1 is 1.62 bits per heavy atom. The van der Waals surface area contributed by atoms with Gasteiger partial charge in [0.25, 0.3) is 5.91 Å². The molecular formula is C11H17N3O2. The van der Waals surface area contributed by atoms with E-state index in [0.717, 1.165) is 0 Å². The van der Waals surface area contributed by atoms with Gasteiger partial charge in [-0.3, -0.25) is 4.79 Å². The smallest absolute Gasteiger partial charge is 0.270 e. The zero-order valence-electron chi connectivity index (χ0n) is 9.43. The fourth-order valence-corrected chi connectivity index (χ4v) is 1.83. The van der Waals surface area contributed by atoms with Gasteiger partial charge in [-0.1, -0.05) is 0 Å². The molecule has 0 atom stereocenters. The largest absolute Gasteiger partial charge is 0.383 e. The Balaban J connectivity index is 2.02. The van der Waals surface area contributed by atoms with E-state index in [9.17, 15) is 4.79 Å². The predicted molar refractivity (Wildman–Crippen MR) is 60.2 cm³/mol. The molecule has 2 heterocycles. The van der Waals surface area contributed by atoms with Gasteiger partial charge in [-0.15, -0.1) is 0 Å². The van der Waals surface area contributed by atoms with Crippen LogP contribution in [0.4, 0.5) is 0 Å². The first-order valence-corrected chi connectivity index (χ1v) is 5.41. The van der Waals surface area contributed by atoms with Crippen molar-refractivity contribution in [2.75, 3.05) is 26.8 Å². The number of carbonyl (C=O) groups excluding carboxylic acids is 1. The molecule has 5 nitrogen and oxygen atoms in total. The zero-order valence-corrected chi connectivity index (χ0v) is 9.43. The lowest BCUT2D eigenvalue weighted by Gasteiger charge is -2.36. The number of likely N-dealkylation sites (tertiary alicyclic amines) is 1. The molecule has 0 bridgehead atoms. The molecule has 1 fully saturated rings. The van der Waals surface area contributed by atoms with E-state index < -0.39 is 0 Å². The minimum atomic E-state index is 0.0582. The molecule has 0 saturated carbocycles. The standard InChI is InChI=1S/C11H17N3O2/c1-16-6-5-13-4-2-3-10(13)11(15)14-7-9(12)8-14/h2-4,9H,5-8,12H2,1H3. The van der Waals surface area contributed by atoms with Crippen LogP contribution in [0.5, 0.6) is 0 Å². The summed E-state index contributed by atoms with van der Waals surface area (Å²) in [6, 6.07) is 3.86. The summed E-state index contributed by atoms with van der Waals surface area (Å²) in [7, 11) is 1.65. The Kier molecular flexibility index (Phi) is 3.26. The highest BCUT2D eigenvalue weighted by molar-refractivity contribution is 5.93. The fraction of sp³-hybridized carbons (Fsp3) is 0.545. The van der Waals surface area contributed by atoms with Gasteiger partial charge < -0.3 is 19.9 Å². The predicted octanol–water partition coefficient (Wildman–Crippen LogP) is -0.0824. The van der Waals surface area contributed by atoms with E-state index in [1.165, 1.54) is 0 Å². The summed E-state index contributed by atoms with van der Waals surface area (Å²) >= 11 is 0. The van der Waals surface area contributed by atoms with E-state index in [2.05, 4.69) is 0 Å². The first-order chi connectivity index (χ1) is 7.72. The number of rotatable bonds is 4. The Morgan fingerprint density at radius 3 is 3.00 bits per heavy atom. The molecule has 2 N–H and O–H groups in total. The fourth-order valence-electron chi connectivity index (χ4n) is 1.83. The van der Waals surface area contributed by atoms with Crippen molar-refractivity contribution in [3.8, 4) is 0 Å². The van der Waals surface area contributed by atoms with Crippen LogP contribution in [0.15, 0.2) is 18.3 Å². The van der Waals surface area contributed by atoms with Crippen LogP contribution in [-0.2, 0) is 11.3 Å². The summed E-state index contributed by atoms with van der Waals surface area (Å²) in [6.07, 6.45) is 1.89. The quantitative estimate of drug-likeness (QED) is 0.776. The highest BCUT2D eigenvalue weighted by Crippen LogP contribution is 2.12.